The molecular weight excluding hydrogens is 236 g/mol. The molecule has 2 fully saturated rings. The molecule has 2 heterocycles. The molecule has 1 aliphatic carbocycles. The van der Waals surface area contributed by atoms with Crippen LogP contribution in [0, 0.1) is 6.92 Å². The van der Waals surface area contributed by atoms with Crippen LogP contribution in [0.2, 0.25) is 0 Å². The fourth-order valence-corrected chi connectivity index (χ4v) is 3.77. The number of fused-ring (bicyclic) bond motifs is 1. The molecule has 2 aliphatic rings. The number of nitrogens with zero attached hydrogens (tertiary/aromatic N) is 2. The number of imidazole rings is 1. The van der Waals surface area contributed by atoms with E-state index in [2.05, 4.69) is 35.8 Å². The van der Waals surface area contributed by atoms with Crippen molar-refractivity contribution < 1.29 is 4.74 Å². The number of benzene rings is 1. The van der Waals surface area contributed by atoms with Crippen molar-refractivity contribution in [3.63, 3.8) is 0 Å². The molecule has 0 bridgehead atoms. The molecule has 0 amide bonds. The maximum atomic E-state index is 6.05. The first-order chi connectivity index (χ1) is 9.27. The van der Waals surface area contributed by atoms with Crippen LogP contribution < -0.4 is 0 Å². The lowest BCUT2D eigenvalue weighted by atomic mass is 9.74. The van der Waals surface area contributed by atoms with E-state index < -0.39 is 0 Å². The van der Waals surface area contributed by atoms with Gasteiger partial charge in [0.25, 0.3) is 0 Å². The third-order valence-electron chi connectivity index (χ3n) is 4.87. The number of ether oxygens (including phenoxy) is 1. The summed E-state index contributed by atoms with van der Waals surface area (Å²) in [6.07, 6.45) is 6.10. The van der Waals surface area contributed by atoms with Gasteiger partial charge in [-0.25, -0.2) is 4.98 Å². The van der Waals surface area contributed by atoms with Crippen LogP contribution in [0.1, 0.15) is 44.0 Å². The number of hydrogen-bond donors (Lipinski definition) is 0. The molecule has 1 atom stereocenters. The Kier molecular flexibility index (Phi) is 2.46. The summed E-state index contributed by atoms with van der Waals surface area (Å²) in [5, 5.41) is 0. The fourth-order valence-electron chi connectivity index (χ4n) is 3.77. The topological polar surface area (TPSA) is 27.1 Å². The monoisotopic (exact) mass is 256 g/mol. The molecular formula is C16H20N2O. The molecule has 3 heteroatoms. The highest BCUT2D eigenvalue weighted by atomic mass is 16.5. The molecule has 4 rings (SSSR count). The fraction of sp³-hybridized carbons (Fsp3) is 0.562. The molecule has 1 aliphatic heterocycles. The van der Waals surface area contributed by atoms with Gasteiger partial charge in [0.2, 0.25) is 0 Å². The number of aryl methyl sites for hydroxylation is 1. The Balaban J connectivity index is 1.75. The average molecular weight is 256 g/mol. The Labute approximate surface area is 113 Å². The molecule has 1 unspecified atom stereocenters. The van der Waals surface area contributed by atoms with Gasteiger partial charge in [-0.3, -0.25) is 0 Å². The van der Waals surface area contributed by atoms with E-state index in [4.69, 9.17) is 9.72 Å². The van der Waals surface area contributed by atoms with E-state index in [9.17, 15) is 0 Å². The van der Waals surface area contributed by atoms with Gasteiger partial charge in [-0.2, -0.15) is 0 Å². The number of para-hydroxylation sites is 2. The van der Waals surface area contributed by atoms with Crippen molar-refractivity contribution in [2.45, 2.75) is 50.7 Å². The Bertz CT molecular complexity index is 612. The first-order valence-corrected chi connectivity index (χ1v) is 7.35. The quantitative estimate of drug-likeness (QED) is 0.779. The van der Waals surface area contributed by atoms with Crippen molar-refractivity contribution >= 4 is 11.0 Å². The molecule has 1 saturated carbocycles. The summed E-state index contributed by atoms with van der Waals surface area (Å²) in [5.74, 6) is 1.14. The molecule has 0 radical (unpaired) electrons. The number of aromatic nitrogens is 2. The first kappa shape index (κ1) is 11.5. The summed E-state index contributed by atoms with van der Waals surface area (Å²) >= 11 is 0. The highest BCUT2D eigenvalue weighted by molar-refractivity contribution is 5.76. The zero-order valence-electron chi connectivity index (χ0n) is 11.4. The molecule has 3 nitrogen and oxygen atoms in total. The molecule has 2 aromatic rings. The second-order valence-corrected chi connectivity index (χ2v) is 6.05. The van der Waals surface area contributed by atoms with Gasteiger partial charge in [-0.05, 0) is 51.2 Å². The summed E-state index contributed by atoms with van der Waals surface area (Å²) in [5.41, 5.74) is 2.59. The van der Waals surface area contributed by atoms with Crippen LogP contribution >= 0.6 is 0 Å². The zero-order valence-corrected chi connectivity index (χ0v) is 11.4. The highest BCUT2D eigenvalue weighted by Crippen LogP contribution is 2.46. The van der Waals surface area contributed by atoms with Gasteiger partial charge >= 0.3 is 0 Å². The summed E-state index contributed by atoms with van der Waals surface area (Å²) in [6, 6.07) is 9.03. The maximum absolute atomic E-state index is 6.05. The van der Waals surface area contributed by atoms with E-state index in [1.165, 1.54) is 24.8 Å². The molecule has 0 N–H and O–H groups in total. The summed E-state index contributed by atoms with van der Waals surface area (Å²) in [7, 11) is 0. The Morgan fingerprint density at radius 3 is 2.95 bits per heavy atom. The van der Waals surface area contributed by atoms with Gasteiger partial charge in [0, 0.05) is 12.6 Å². The maximum Gasteiger partial charge on any atom is 0.106 e. The van der Waals surface area contributed by atoms with Gasteiger partial charge in [0.05, 0.1) is 16.6 Å². The standard InChI is InChI=1S/C16H20N2O/c1-12-17-14-5-2-3-6-15(14)18(12)13-7-10-19-16(11-13)8-4-9-16/h2-3,5-6,13H,4,7-11H2,1H3. The molecule has 100 valence electrons. The second kappa shape index (κ2) is 4.07. The molecule has 1 aromatic heterocycles. The molecule has 1 spiro atoms. The lowest BCUT2D eigenvalue weighted by Crippen LogP contribution is -2.46. The van der Waals surface area contributed by atoms with E-state index in [-0.39, 0.29) is 5.60 Å². The van der Waals surface area contributed by atoms with Gasteiger partial charge in [0.15, 0.2) is 0 Å². The van der Waals surface area contributed by atoms with Gasteiger partial charge in [0.1, 0.15) is 5.82 Å². The summed E-state index contributed by atoms with van der Waals surface area (Å²) < 4.78 is 8.49. The van der Waals surface area contributed by atoms with Crippen LogP contribution in [-0.2, 0) is 4.74 Å². The normalized spacial score (nSPS) is 25.6. The predicted octanol–water partition coefficient (Wildman–Crippen LogP) is 3.62. The Hall–Kier alpha value is -1.35. The van der Waals surface area contributed by atoms with Crippen LogP contribution in [0.5, 0.6) is 0 Å². The minimum Gasteiger partial charge on any atom is -0.375 e. The number of rotatable bonds is 1. The molecule has 1 saturated heterocycles. The minimum atomic E-state index is 0.195. The van der Waals surface area contributed by atoms with E-state index in [1.807, 2.05) is 0 Å². The van der Waals surface area contributed by atoms with Crippen molar-refractivity contribution in [3.05, 3.63) is 30.1 Å². The van der Waals surface area contributed by atoms with E-state index >= 15 is 0 Å². The smallest absolute Gasteiger partial charge is 0.106 e. The van der Waals surface area contributed by atoms with Crippen LogP contribution in [0.15, 0.2) is 24.3 Å². The van der Waals surface area contributed by atoms with Crippen molar-refractivity contribution in [2.75, 3.05) is 6.61 Å². The highest BCUT2D eigenvalue weighted by Gasteiger charge is 2.43. The zero-order chi connectivity index (χ0) is 12.9. The van der Waals surface area contributed by atoms with Gasteiger partial charge in [-0.15, -0.1) is 0 Å². The first-order valence-electron chi connectivity index (χ1n) is 7.35. The van der Waals surface area contributed by atoms with Crippen molar-refractivity contribution in [3.8, 4) is 0 Å². The Morgan fingerprint density at radius 1 is 1.32 bits per heavy atom. The van der Waals surface area contributed by atoms with Crippen molar-refractivity contribution in [2.24, 2.45) is 0 Å². The van der Waals surface area contributed by atoms with Crippen LogP contribution in [0.3, 0.4) is 0 Å². The SMILES string of the molecule is Cc1nc2ccccc2n1C1CCOC2(CCC2)C1. The van der Waals surface area contributed by atoms with Gasteiger partial charge in [-0.1, -0.05) is 12.1 Å². The minimum absolute atomic E-state index is 0.195. The second-order valence-electron chi connectivity index (χ2n) is 6.05. The van der Waals surface area contributed by atoms with Crippen LogP contribution in [0.4, 0.5) is 0 Å². The lowest BCUT2D eigenvalue weighted by Gasteiger charge is -2.47. The Morgan fingerprint density at radius 2 is 2.16 bits per heavy atom. The van der Waals surface area contributed by atoms with Crippen LogP contribution in [-0.4, -0.2) is 21.8 Å². The van der Waals surface area contributed by atoms with E-state index in [1.54, 1.807) is 0 Å². The summed E-state index contributed by atoms with van der Waals surface area (Å²) in [6.45, 7) is 3.03. The lowest BCUT2D eigenvalue weighted by molar-refractivity contribution is -0.140. The average Bonchev–Trinajstić information content (AvgIpc) is 2.73. The van der Waals surface area contributed by atoms with Crippen LogP contribution in [0.25, 0.3) is 11.0 Å². The van der Waals surface area contributed by atoms with E-state index in [0.717, 1.165) is 30.8 Å². The molecule has 19 heavy (non-hydrogen) atoms. The van der Waals surface area contributed by atoms with Crippen molar-refractivity contribution in [1.82, 2.24) is 9.55 Å². The molecule has 1 aromatic carbocycles. The predicted molar refractivity (Wildman–Crippen MR) is 75.3 cm³/mol. The van der Waals surface area contributed by atoms with E-state index in [0.29, 0.717) is 6.04 Å². The number of hydrogen-bond acceptors (Lipinski definition) is 2. The third kappa shape index (κ3) is 1.71. The third-order valence-corrected chi connectivity index (χ3v) is 4.87. The summed E-state index contributed by atoms with van der Waals surface area (Å²) in [4.78, 5) is 4.70. The van der Waals surface area contributed by atoms with Gasteiger partial charge < -0.3 is 9.30 Å². The largest absolute Gasteiger partial charge is 0.375 e. The van der Waals surface area contributed by atoms with Crippen molar-refractivity contribution in [1.29, 1.82) is 0 Å².